The van der Waals surface area contributed by atoms with Crippen LogP contribution in [-0.2, 0) is 0 Å². The topological polar surface area (TPSA) is 38.3 Å². The summed E-state index contributed by atoms with van der Waals surface area (Å²) in [5.41, 5.74) is 1.47. The third-order valence-corrected chi connectivity index (χ3v) is 3.73. The third kappa shape index (κ3) is 4.23. The van der Waals surface area contributed by atoms with Crippen LogP contribution in [0.1, 0.15) is 15.9 Å². The maximum atomic E-state index is 12.0. The lowest BCUT2D eigenvalue weighted by Gasteiger charge is -2.03. The molecular weight excluding hydrogens is 377 g/mol. The van der Waals surface area contributed by atoms with Gasteiger partial charge in [0, 0.05) is 3.57 Å². The van der Waals surface area contributed by atoms with E-state index in [0.717, 1.165) is 14.9 Å². The van der Waals surface area contributed by atoms with Gasteiger partial charge in [0.1, 0.15) is 5.75 Å². The summed E-state index contributed by atoms with van der Waals surface area (Å²) < 4.78 is 6.14. The fraction of sp³-hybridized carbons (Fsp3) is 0.118. The molecule has 2 aromatic carbocycles. The smallest absolute Gasteiger partial charge is 0.253 e. The average Bonchev–Trinajstić information content (AvgIpc) is 2.52. The lowest BCUT2D eigenvalue weighted by atomic mass is 10.2. The maximum Gasteiger partial charge on any atom is 0.253 e. The van der Waals surface area contributed by atoms with E-state index in [1.54, 1.807) is 13.2 Å². The molecule has 2 aromatic rings. The molecule has 2 rings (SSSR count). The Morgan fingerprint density at radius 2 is 1.90 bits per heavy atom. The van der Waals surface area contributed by atoms with Crippen LogP contribution in [0.2, 0.25) is 0 Å². The number of hydrogen-bond donors (Lipinski definition) is 1. The van der Waals surface area contributed by atoms with Gasteiger partial charge >= 0.3 is 0 Å². The fourth-order valence-corrected chi connectivity index (χ4v) is 2.38. The molecule has 0 saturated carbocycles. The summed E-state index contributed by atoms with van der Waals surface area (Å²) in [7, 11) is 1.61. The zero-order chi connectivity index (χ0) is 15.1. The number of amides is 1. The van der Waals surface area contributed by atoms with Gasteiger partial charge in [-0.3, -0.25) is 4.79 Å². The number of halogens is 1. The quantitative estimate of drug-likeness (QED) is 0.645. The Balaban J connectivity index is 1.98. The summed E-state index contributed by atoms with van der Waals surface area (Å²) >= 11 is 2.14. The Labute approximate surface area is 137 Å². The summed E-state index contributed by atoms with van der Waals surface area (Å²) in [6.07, 6.45) is 0. The molecule has 0 aromatic heterocycles. The number of hydrogen-bond acceptors (Lipinski definition) is 2. The number of rotatable bonds is 3. The molecule has 21 heavy (non-hydrogen) atoms. The molecule has 1 N–H and O–H groups in total. The van der Waals surface area contributed by atoms with Crippen LogP contribution < -0.4 is 10.1 Å². The van der Waals surface area contributed by atoms with Crippen molar-refractivity contribution in [1.82, 2.24) is 5.32 Å². The van der Waals surface area contributed by atoms with Crippen molar-refractivity contribution >= 4 is 28.5 Å². The summed E-state index contributed by atoms with van der Waals surface area (Å²) in [6.45, 7) is 0.294. The minimum Gasteiger partial charge on any atom is -0.495 e. The maximum absolute atomic E-state index is 12.0. The predicted molar refractivity (Wildman–Crippen MR) is 91.4 cm³/mol. The second kappa shape index (κ2) is 7.70. The zero-order valence-electron chi connectivity index (χ0n) is 11.5. The van der Waals surface area contributed by atoms with Crippen LogP contribution in [0, 0.1) is 15.4 Å². The Morgan fingerprint density at radius 3 is 2.67 bits per heavy atom. The first-order valence-corrected chi connectivity index (χ1v) is 7.45. The Kier molecular flexibility index (Phi) is 5.64. The van der Waals surface area contributed by atoms with E-state index in [0.29, 0.717) is 12.1 Å². The van der Waals surface area contributed by atoms with E-state index in [9.17, 15) is 4.79 Å². The molecule has 0 heterocycles. The van der Waals surface area contributed by atoms with Crippen molar-refractivity contribution in [2.75, 3.05) is 13.7 Å². The Hall–Kier alpha value is -2.00. The van der Waals surface area contributed by atoms with Gasteiger partial charge in [0.15, 0.2) is 0 Å². The molecule has 106 valence electrons. The van der Waals surface area contributed by atoms with E-state index < -0.39 is 0 Å². The SMILES string of the molecule is COc1ccccc1C#CCNC(=O)c1ccccc1I. The summed E-state index contributed by atoms with van der Waals surface area (Å²) in [4.78, 5) is 12.0. The van der Waals surface area contributed by atoms with Crippen LogP contribution in [0.3, 0.4) is 0 Å². The molecule has 0 unspecified atom stereocenters. The van der Waals surface area contributed by atoms with E-state index in [1.807, 2.05) is 42.5 Å². The standard InChI is InChI=1S/C17H14INO2/c1-21-16-11-5-2-7-13(16)8-6-12-19-17(20)14-9-3-4-10-15(14)18/h2-5,7,9-11H,12H2,1H3,(H,19,20). The second-order valence-electron chi connectivity index (χ2n) is 4.16. The van der Waals surface area contributed by atoms with E-state index in [4.69, 9.17) is 4.74 Å². The van der Waals surface area contributed by atoms with Gasteiger partial charge < -0.3 is 10.1 Å². The van der Waals surface area contributed by atoms with Crippen LogP contribution in [0.25, 0.3) is 0 Å². The molecule has 0 saturated heterocycles. The first kappa shape index (κ1) is 15.4. The number of carbonyl (C=O) groups excluding carboxylic acids is 1. The lowest BCUT2D eigenvalue weighted by molar-refractivity contribution is 0.0958. The number of ether oxygens (including phenoxy) is 1. The van der Waals surface area contributed by atoms with Crippen molar-refractivity contribution in [2.45, 2.75) is 0 Å². The van der Waals surface area contributed by atoms with E-state index in [-0.39, 0.29) is 5.91 Å². The van der Waals surface area contributed by atoms with Gasteiger partial charge in [-0.15, -0.1) is 0 Å². The molecule has 0 radical (unpaired) electrons. The fourth-order valence-electron chi connectivity index (χ4n) is 1.75. The largest absolute Gasteiger partial charge is 0.495 e. The highest BCUT2D eigenvalue weighted by atomic mass is 127. The van der Waals surface area contributed by atoms with Gasteiger partial charge in [-0.2, -0.15) is 0 Å². The second-order valence-corrected chi connectivity index (χ2v) is 5.33. The average molecular weight is 391 g/mol. The molecule has 0 aliphatic rings. The first-order valence-electron chi connectivity index (χ1n) is 6.37. The molecular formula is C17H14INO2. The molecule has 0 atom stereocenters. The summed E-state index contributed by atoms with van der Waals surface area (Å²) in [5.74, 6) is 6.54. The normalized spacial score (nSPS) is 9.43. The number of para-hydroxylation sites is 1. The monoisotopic (exact) mass is 391 g/mol. The minimum atomic E-state index is -0.116. The first-order chi connectivity index (χ1) is 10.2. The summed E-state index contributed by atoms with van der Waals surface area (Å²) in [6, 6.07) is 15.0. The summed E-state index contributed by atoms with van der Waals surface area (Å²) in [5, 5.41) is 2.79. The molecule has 0 aliphatic heterocycles. The van der Waals surface area contributed by atoms with Crippen molar-refractivity contribution in [3.05, 3.63) is 63.2 Å². The van der Waals surface area contributed by atoms with Crippen LogP contribution in [0.4, 0.5) is 0 Å². The van der Waals surface area contributed by atoms with Gasteiger partial charge in [-0.1, -0.05) is 36.1 Å². The number of nitrogens with one attached hydrogen (secondary N) is 1. The van der Waals surface area contributed by atoms with Gasteiger partial charge in [0.2, 0.25) is 0 Å². The van der Waals surface area contributed by atoms with Crippen molar-refractivity contribution in [2.24, 2.45) is 0 Å². The minimum absolute atomic E-state index is 0.116. The zero-order valence-corrected chi connectivity index (χ0v) is 13.7. The van der Waals surface area contributed by atoms with Crippen LogP contribution in [0.5, 0.6) is 5.75 Å². The van der Waals surface area contributed by atoms with E-state index in [2.05, 4.69) is 39.7 Å². The van der Waals surface area contributed by atoms with Gasteiger partial charge in [-0.05, 0) is 46.9 Å². The molecule has 0 spiro atoms. The van der Waals surface area contributed by atoms with E-state index >= 15 is 0 Å². The third-order valence-electron chi connectivity index (χ3n) is 2.79. The van der Waals surface area contributed by atoms with Crippen LogP contribution in [0.15, 0.2) is 48.5 Å². The number of methoxy groups -OCH3 is 1. The number of benzene rings is 2. The van der Waals surface area contributed by atoms with E-state index in [1.165, 1.54) is 0 Å². The molecule has 3 nitrogen and oxygen atoms in total. The molecule has 0 aliphatic carbocycles. The highest BCUT2D eigenvalue weighted by molar-refractivity contribution is 14.1. The Bertz CT molecular complexity index is 701. The van der Waals surface area contributed by atoms with Crippen molar-refractivity contribution in [1.29, 1.82) is 0 Å². The Morgan fingerprint density at radius 1 is 1.19 bits per heavy atom. The molecule has 0 fully saturated rings. The van der Waals surface area contributed by atoms with Crippen molar-refractivity contribution < 1.29 is 9.53 Å². The van der Waals surface area contributed by atoms with Gasteiger partial charge in [0.25, 0.3) is 5.91 Å². The highest BCUT2D eigenvalue weighted by Crippen LogP contribution is 2.15. The van der Waals surface area contributed by atoms with Crippen LogP contribution >= 0.6 is 22.6 Å². The molecule has 0 bridgehead atoms. The lowest BCUT2D eigenvalue weighted by Crippen LogP contribution is -2.24. The molecule has 1 amide bonds. The van der Waals surface area contributed by atoms with Gasteiger partial charge in [-0.25, -0.2) is 0 Å². The van der Waals surface area contributed by atoms with Crippen molar-refractivity contribution in [3.8, 4) is 17.6 Å². The number of carbonyl (C=O) groups is 1. The highest BCUT2D eigenvalue weighted by Gasteiger charge is 2.07. The van der Waals surface area contributed by atoms with Crippen molar-refractivity contribution in [3.63, 3.8) is 0 Å². The van der Waals surface area contributed by atoms with Gasteiger partial charge in [0.05, 0.1) is 24.8 Å². The van der Waals surface area contributed by atoms with Crippen LogP contribution in [-0.4, -0.2) is 19.6 Å². The molecule has 4 heteroatoms. The predicted octanol–water partition coefficient (Wildman–Crippen LogP) is 3.08.